The molecule has 3 rings (SSSR count). The molecule has 2 aromatic rings. The lowest BCUT2D eigenvalue weighted by atomic mass is 9.91. The molecule has 2 bridgehead atoms. The Morgan fingerprint density at radius 3 is 2.33 bits per heavy atom. The van der Waals surface area contributed by atoms with Crippen molar-refractivity contribution >= 4 is 35.4 Å². The molecule has 3 amide bonds. The van der Waals surface area contributed by atoms with E-state index in [9.17, 15) is 29.7 Å². The zero-order valence-electron chi connectivity index (χ0n) is 30.4. The van der Waals surface area contributed by atoms with Crippen molar-refractivity contribution in [2.75, 3.05) is 38.9 Å². The van der Waals surface area contributed by atoms with E-state index in [4.69, 9.17) is 19.9 Å². The maximum atomic E-state index is 13.4. The molecule has 13 nitrogen and oxygen atoms in total. The molecule has 0 saturated carbocycles. The molecule has 2 aromatic carbocycles. The minimum Gasteiger partial charge on any atom is -0.506 e. The second-order valence-electron chi connectivity index (χ2n) is 12.9. The van der Waals surface area contributed by atoms with Gasteiger partial charge in [0, 0.05) is 49.4 Å². The second kappa shape index (κ2) is 18.3. The van der Waals surface area contributed by atoms with Crippen molar-refractivity contribution in [2.45, 2.75) is 65.1 Å². The Morgan fingerprint density at radius 2 is 1.75 bits per heavy atom. The van der Waals surface area contributed by atoms with Crippen LogP contribution in [-0.2, 0) is 25.5 Å². The number of phenols is 2. The fraction of sp³-hybridized carbons (Fsp3) is 0.395. The third-order valence-corrected chi connectivity index (χ3v) is 8.45. The van der Waals surface area contributed by atoms with E-state index < -0.39 is 59.7 Å². The molecule has 7 N–H and O–H groups in total. The molecule has 0 fully saturated rings. The van der Waals surface area contributed by atoms with Crippen molar-refractivity contribution in [1.29, 1.82) is 0 Å². The largest absolute Gasteiger partial charge is 0.506 e. The van der Waals surface area contributed by atoms with E-state index in [2.05, 4.69) is 10.6 Å². The van der Waals surface area contributed by atoms with Gasteiger partial charge in [0.15, 0.2) is 6.10 Å². The first-order chi connectivity index (χ1) is 24.1. The van der Waals surface area contributed by atoms with E-state index in [0.29, 0.717) is 23.3 Å². The van der Waals surface area contributed by atoms with Crippen LogP contribution in [0.2, 0.25) is 0 Å². The minimum absolute atomic E-state index is 0.0299. The SMILES string of the molecule is CO[C@H]1C=C/C=C(\C)C(=O)Nc2cc(O)c(NC(=O)c3ccc(CN(C)C)cc3)c(c2O)/C=C(\C)C[C@H](OC)[C@H](O)[C@@H](C)/C=C(\C)[C@@H]1OC(N)=O. The van der Waals surface area contributed by atoms with Crippen LogP contribution < -0.4 is 16.4 Å². The summed E-state index contributed by atoms with van der Waals surface area (Å²) < 4.78 is 16.7. The van der Waals surface area contributed by atoms with Gasteiger partial charge >= 0.3 is 6.09 Å². The lowest BCUT2D eigenvalue weighted by molar-refractivity contribution is -0.112. The van der Waals surface area contributed by atoms with Gasteiger partial charge in [-0.3, -0.25) is 9.59 Å². The van der Waals surface area contributed by atoms with E-state index in [0.717, 1.165) is 11.6 Å². The number of methoxy groups -OCH3 is 2. The summed E-state index contributed by atoms with van der Waals surface area (Å²) in [5.41, 5.74) is 7.92. The van der Waals surface area contributed by atoms with Crippen molar-refractivity contribution in [3.8, 4) is 11.5 Å². The molecular weight excluding hydrogens is 656 g/mol. The summed E-state index contributed by atoms with van der Waals surface area (Å²) in [5.74, 6) is -2.46. The summed E-state index contributed by atoms with van der Waals surface area (Å²) in [7, 11) is 6.76. The highest BCUT2D eigenvalue weighted by molar-refractivity contribution is 6.09. The van der Waals surface area contributed by atoms with E-state index in [-0.39, 0.29) is 28.9 Å². The number of hydrogen-bond acceptors (Lipinski definition) is 10. The average Bonchev–Trinajstić information content (AvgIpc) is 3.07. The van der Waals surface area contributed by atoms with Gasteiger partial charge in [-0.2, -0.15) is 0 Å². The van der Waals surface area contributed by atoms with Crippen molar-refractivity contribution in [3.63, 3.8) is 0 Å². The highest BCUT2D eigenvalue weighted by Crippen LogP contribution is 2.42. The molecule has 276 valence electrons. The number of aliphatic hydroxyl groups excluding tert-OH is 1. The number of benzene rings is 2. The van der Waals surface area contributed by atoms with Crippen LogP contribution in [0.1, 0.15) is 55.6 Å². The summed E-state index contributed by atoms with van der Waals surface area (Å²) in [6.45, 7) is 7.46. The highest BCUT2D eigenvalue weighted by atomic mass is 16.6. The van der Waals surface area contributed by atoms with E-state index in [1.807, 2.05) is 31.1 Å². The fourth-order valence-corrected chi connectivity index (χ4v) is 5.72. The number of phenolic OH excluding ortho intramolecular Hbond substituents is 2. The number of carbonyl (C=O) groups excluding carboxylic acids is 3. The van der Waals surface area contributed by atoms with Crippen LogP contribution in [0.3, 0.4) is 0 Å². The standard InChI is InChI=1S/C38H50N4O9/c1-21-16-27-32(41-37(47)26-14-12-25(13-15-26)20-42(5)6)29(43)19-28(34(27)45)40-36(46)22(2)10-9-11-30(49-7)35(51-38(39)48)24(4)18-23(3)33(44)31(17-21)50-8/h9-16,18-19,23,30-31,33,35,43-45H,17,20H2,1-8H3,(H2,39,48)(H,40,46)(H,41,47)/b11-9?,21-16+,22-10+,24-18+/t23-,30-,31-,33+,35-/m0/s1. The number of nitrogens with zero attached hydrogens (tertiary/aromatic N) is 1. The van der Waals surface area contributed by atoms with Gasteiger partial charge in [-0.15, -0.1) is 0 Å². The predicted octanol–water partition coefficient (Wildman–Crippen LogP) is 5.10. The quantitative estimate of drug-likeness (QED) is 0.128. The smallest absolute Gasteiger partial charge is 0.405 e. The maximum absolute atomic E-state index is 13.4. The summed E-state index contributed by atoms with van der Waals surface area (Å²) >= 11 is 0. The Labute approximate surface area is 299 Å². The molecule has 13 heteroatoms. The van der Waals surface area contributed by atoms with Crippen molar-refractivity contribution < 1.29 is 43.9 Å². The second-order valence-corrected chi connectivity index (χ2v) is 12.9. The highest BCUT2D eigenvalue weighted by Gasteiger charge is 2.29. The lowest BCUT2D eigenvalue weighted by Crippen LogP contribution is -2.36. The summed E-state index contributed by atoms with van der Waals surface area (Å²) in [5, 5.41) is 39.4. The minimum atomic E-state index is -1.05. The number of ether oxygens (including phenoxy) is 3. The summed E-state index contributed by atoms with van der Waals surface area (Å²) in [4.78, 5) is 40.4. The van der Waals surface area contributed by atoms with Crippen LogP contribution in [0.25, 0.3) is 6.08 Å². The van der Waals surface area contributed by atoms with Crippen LogP contribution in [0.15, 0.2) is 71.4 Å². The van der Waals surface area contributed by atoms with Gasteiger partial charge in [-0.05, 0) is 70.6 Å². The number of amides is 3. The normalized spacial score (nSPS) is 25.1. The first-order valence-corrected chi connectivity index (χ1v) is 16.4. The molecular formula is C38H50N4O9. The van der Waals surface area contributed by atoms with Gasteiger partial charge in [0.1, 0.15) is 17.6 Å². The number of primary amides is 1. The molecule has 1 heterocycles. The molecule has 5 atom stereocenters. The summed E-state index contributed by atoms with van der Waals surface area (Å²) in [6.07, 6.45) is 3.49. The zero-order valence-corrected chi connectivity index (χ0v) is 30.4. The number of aromatic hydroxyl groups is 2. The first kappa shape index (κ1) is 40.5. The Bertz CT molecular complexity index is 1700. The number of nitrogens with two attached hydrogens (primary N) is 1. The third-order valence-electron chi connectivity index (χ3n) is 8.45. The monoisotopic (exact) mass is 706 g/mol. The van der Waals surface area contributed by atoms with Crippen molar-refractivity contribution in [2.24, 2.45) is 11.7 Å². The van der Waals surface area contributed by atoms with Gasteiger partial charge in [-0.1, -0.05) is 48.9 Å². The molecule has 1 aliphatic rings. The molecule has 0 aromatic heterocycles. The van der Waals surface area contributed by atoms with E-state index in [1.165, 1.54) is 20.3 Å². The number of hydrogen-bond donors (Lipinski definition) is 6. The van der Waals surface area contributed by atoms with Gasteiger partial charge in [0.25, 0.3) is 11.8 Å². The Morgan fingerprint density at radius 1 is 1.08 bits per heavy atom. The molecule has 0 radical (unpaired) electrons. The number of aliphatic hydroxyl groups is 1. The fourth-order valence-electron chi connectivity index (χ4n) is 5.72. The first-order valence-electron chi connectivity index (χ1n) is 16.4. The number of anilines is 2. The van der Waals surface area contributed by atoms with Crippen LogP contribution in [0.5, 0.6) is 11.5 Å². The van der Waals surface area contributed by atoms with E-state index >= 15 is 0 Å². The van der Waals surface area contributed by atoms with Gasteiger partial charge < -0.3 is 50.8 Å². The molecule has 51 heavy (non-hydrogen) atoms. The lowest BCUT2D eigenvalue weighted by Gasteiger charge is -2.28. The molecule has 0 unspecified atom stereocenters. The molecule has 0 saturated heterocycles. The van der Waals surface area contributed by atoms with E-state index in [1.54, 1.807) is 64.1 Å². The van der Waals surface area contributed by atoms with Gasteiger partial charge in [0.2, 0.25) is 0 Å². The molecule has 0 spiro atoms. The average molecular weight is 707 g/mol. The number of carbonyl (C=O) groups is 3. The Hall–Kier alpha value is -4.95. The predicted molar refractivity (Wildman–Crippen MR) is 196 cm³/mol. The topological polar surface area (TPSA) is 193 Å². The molecule has 0 aliphatic carbocycles. The van der Waals surface area contributed by atoms with Gasteiger partial charge in [-0.25, -0.2) is 4.79 Å². The van der Waals surface area contributed by atoms with Crippen LogP contribution in [0.4, 0.5) is 16.2 Å². The number of fused-ring (bicyclic) bond motifs is 2. The van der Waals surface area contributed by atoms with Crippen LogP contribution in [-0.4, -0.2) is 90.9 Å². The van der Waals surface area contributed by atoms with Crippen molar-refractivity contribution in [1.82, 2.24) is 4.90 Å². The number of nitrogens with one attached hydrogen (secondary N) is 2. The summed E-state index contributed by atoms with van der Waals surface area (Å²) in [6, 6.07) is 8.14. The third kappa shape index (κ3) is 11.0. The van der Waals surface area contributed by atoms with Crippen LogP contribution in [0, 0.1) is 5.92 Å². The maximum Gasteiger partial charge on any atom is 0.405 e. The number of allylic oxidation sites excluding steroid dienone is 2. The Kier molecular flexibility index (Phi) is 14.6. The zero-order chi connectivity index (χ0) is 38.0. The Balaban J connectivity index is 2.15. The number of rotatable bonds is 7. The van der Waals surface area contributed by atoms with Crippen molar-refractivity contribution in [3.05, 3.63) is 88.0 Å². The molecule has 1 aliphatic heterocycles. The van der Waals surface area contributed by atoms with Crippen LogP contribution >= 0.6 is 0 Å². The van der Waals surface area contributed by atoms with Gasteiger partial charge in [0.05, 0.1) is 23.6 Å².